The van der Waals surface area contributed by atoms with Gasteiger partial charge < -0.3 is 34.4 Å². The molecule has 10 heteroatoms. The first-order chi connectivity index (χ1) is 17.5. The first kappa shape index (κ1) is 32.5. The summed E-state index contributed by atoms with van der Waals surface area (Å²) in [4.78, 5) is 41.3. The van der Waals surface area contributed by atoms with Gasteiger partial charge in [-0.3, -0.25) is 14.4 Å². The van der Waals surface area contributed by atoms with Crippen LogP contribution in [0.3, 0.4) is 0 Å². The molecule has 218 valence electrons. The molecule has 1 saturated heterocycles. The normalized spacial score (nSPS) is 43.9. The lowest BCUT2D eigenvalue weighted by atomic mass is 9.80. The Morgan fingerprint density at radius 3 is 2.26 bits per heavy atom. The van der Waals surface area contributed by atoms with Gasteiger partial charge in [-0.05, 0) is 72.7 Å². The number of likely N-dealkylation sites (N-methyl/N-ethyl adjacent to an activating group) is 1. The third kappa shape index (κ3) is 7.70. The molecule has 0 amide bonds. The Hall–Kier alpha value is -1.69. The molecule has 0 aromatic carbocycles. The molecule has 0 aliphatic carbocycles. The van der Waals surface area contributed by atoms with Gasteiger partial charge in [0.05, 0.1) is 18.3 Å². The van der Waals surface area contributed by atoms with Crippen LogP contribution in [0.15, 0.2) is 12.2 Å². The van der Waals surface area contributed by atoms with Gasteiger partial charge in [0.15, 0.2) is 24.0 Å². The van der Waals surface area contributed by atoms with Crippen molar-refractivity contribution in [1.82, 2.24) is 4.90 Å². The van der Waals surface area contributed by atoms with E-state index in [0.29, 0.717) is 12.8 Å². The summed E-state index contributed by atoms with van der Waals surface area (Å²) >= 11 is 0. The van der Waals surface area contributed by atoms with Crippen LogP contribution in [0.25, 0.3) is 0 Å². The number of ether oxygens (including phenoxy) is 3. The molecule has 3 N–H and O–H groups in total. The van der Waals surface area contributed by atoms with Gasteiger partial charge in [-0.25, -0.2) is 0 Å². The van der Waals surface area contributed by atoms with Crippen molar-refractivity contribution in [3.05, 3.63) is 12.2 Å². The predicted octanol–water partition coefficient (Wildman–Crippen LogP) is 1.48. The standard InChI is InChI=1S/C28H47NO9/c1-14-12-15(2)24(37-27-23(33)20(29(8)9)13-16(3)36-27)17(4)22(32)18(5)26(34)38-25(19(6)30)28(7,35)11-10-21(14)31/h10-11,14-20,23-25,27,30,33,35H,12-13H2,1-9H3/b11-10-/t14-,15+,16-,17+,18-,19-,20+,23-,24+,25-,27-,28+/m1/s1. The number of allylic oxidation sites excluding steroid dienone is 1. The molecule has 0 spiro atoms. The summed E-state index contributed by atoms with van der Waals surface area (Å²) in [5, 5.41) is 32.1. The molecule has 0 radical (unpaired) electrons. The Morgan fingerprint density at radius 2 is 1.71 bits per heavy atom. The minimum atomic E-state index is -1.84. The quantitative estimate of drug-likeness (QED) is 0.354. The second kappa shape index (κ2) is 13.1. The van der Waals surface area contributed by atoms with Gasteiger partial charge in [0.25, 0.3) is 0 Å². The number of aliphatic hydroxyl groups is 3. The van der Waals surface area contributed by atoms with E-state index in [0.717, 1.165) is 0 Å². The van der Waals surface area contributed by atoms with Gasteiger partial charge in [-0.2, -0.15) is 0 Å². The monoisotopic (exact) mass is 541 g/mol. The molecule has 2 heterocycles. The molecule has 0 saturated carbocycles. The molecule has 0 aromatic heterocycles. The van der Waals surface area contributed by atoms with Crippen molar-refractivity contribution < 1.29 is 43.9 Å². The maximum atomic E-state index is 13.5. The number of rotatable bonds is 4. The number of cyclic esters (lactones) is 1. The Labute approximate surface area is 226 Å². The van der Waals surface area contributed by atoms with Crippen molar-refractivity contribution in [3.8, 4) is 0 Å². The van der Waals surface area contributed by atoms with Crippen LogP contribution in [0.2, 0.25) is 0 Å². The number of aliphatic hydroxyl groups excluding tert-OH is 2. The van der Waals surface area contributed by atoms with E-state index >= 15 is 0 Å². The van der Waals surface area contributed by atoms with E-state index < -0.39 is 65.8 Å². The third-order valence-corrected chi connectivity index (χ3v) is 7.90. The summed E-state index contributed by atoms with van der Waals surface area (Å²) in [6.07, 6.45) is -2.21. The maximum Gasteiger partial charge on any atom is 0.316 e. The highest BCUT2D eigenvalue weighted by atomic mass is 16.7. The summed E-state index contributed by atoms with van der Waals surface area (Å²) in [6, 6.07) is -0.215. The third-order valence-electron chi connectivity index (χ3n) is 7.90. The fraction of sp³-hybridized carbons (Fsp3) is 0.821. The van der Waals surface area contributed by atoms with E-state index in [1.165, 1.54) is 32.9 Å². The lowest BCUT2D eigenvalue weighted by Gasteiger charge is -2.43. The zero-order chi connectivity index (χ0) is 29.1. The topological polar surface area (TPSA) is 143 Å². The summed E-state index contributed by atoms with van der Waals surface area (Å²) < 4.78 is 17.7. The number of ketones is 2. The minimum Gasteiger partial charge on any atom is -0.456 e. The van der Waals surface area contributed by atoms with Gasteiger partial charge in [-0.1, -0.05) is 20.8 Å². The fourth-order valence-corrected chi connectivity index (χ4v) is 5.48. The zero-order valence-electron chi connectivity index (χ0n) is 24.2. The predicted molar refractivity (Wildman–Crippen MR) is 140 cm³/mol. The summed E-state index contributed by atoms with van der Waals surface area (Å²) in [5.74, 6) is -4.47. The van der Waals surface area contributed by atoms with Crippen molar-refractivity contribution in [2.24, 2.45) is 23.7 Å². The highest BCUT2D eigenvalue weighted by molar-refractivity contribution is 6.00. The van der Waals surface area contributed by atoms with Crippen LogP contribution in [-0.2, 0) is 28.6 Å². The Kier molecular flexibility index (Phi) is 11.2. The maximum absolute atomic E-state index is 13.5. The number of carbonyl (C=O) groups is 3. The molecule has 10 nitrogen and oxygen atoms in total. The van der Waals surface area contributed by atoms with Crippen LogP contribution < -0.4 is 0 Å². The average molecular weight is 542 g/mol. The summed E-state index contributed by atoms with van der Waals surface area (Å²) in [6.45, 7) is 11.2. The molecule has 2 aliphatic heterocycles. The van der Waals surface area contributed by atoms with Gasteiger partial charge in [-0.15, -0.1) is 0 Å². The van der Waals surface area contributed by atoms with Crippen molar-refractivity contribution in [2.45, 2.75) is 110 Å². The Balaban J connectivity index is 2.46. The second-order valence-corrected chi connectivity index (χ2v) is 11.8. The first-order valence-electron chi connectivity index (χ1n) is 13.5. The lowest BCUT2D eigenvalue weighted by molar-refractivity contribution is -0.278. The zero-order valence-corrected chi connectivity index (χ0v) is 24.2. The van der Waals surface area contributed by atoms with Gasteiger partial charge in [0, 0.05) is 17.9 Å². The summed E-state index contributed by atoms with van der Waals surface area (Å²) in [5.41, 5.74) is -1.84. The number of Topliss-reactive ketones (excluding diaryl/α,β-unsaturated/α-hetero) is 1. The van der Waals surface area contributed by atoms with Crippen molar-refractivity contribution in [1.29, 1.82) is 0 Å². The van der Waals surface area contributed by atoms with E-state index in [4.69, 9.17) is 14.2 Å². The lowest BCUT2D eigenvalue weighted by Crippen LogP contribution is -2.56. The Morgan fingerprint density at radius 1 is 1.11 bits per heavy atom. The largest absolute Gasteiger partial charge is 0.456 e. The van der Waals surface area contributed by atoms with E-state index in [2.05, 4.69) is 0 Å². The van der Waals surface area contributed by atoms with Gasteiger partial charge in [0.1, 0.15) is 17.6 Å². The van der Waals surface area contributed by atoms with Crippen LogP contribution in [0.5, 0.6) is 0 Å². The van der Waals surface area contributed by atoms with E-state index in [9.17, 15) is 29.7 Å². The van der Waals surface area contributed by atoms with Gasteiger partial charge in [0.2, 0.25) is 0 Å². The molecule has 0 aromatic rings. The molecule has 2 rings (SSSR count). The van der Waals surface area contributed by atoms with Crippen molar-refractivity contribution in [2.75, 3.05) is 14.1 Å². The number of carbonyl (C=O) groups excluding carboxylic acids is 3. The highest BCUT2D eigenvalue weighted by Crippen LogP contribution is 2.32. The van der Waals surface area contributed by atoms with Crippen LogP contribution in [0.1, 0.15) is 61.3 Å². The first-order valence-corrected chi connectivity index (χ1v) is 13.5. The number of nitrogens with zero attached hydrogens (tertiary/aromatic N) is 1. The molecule has 38 heavy (non-hydrogen) atoms. The summed E-state index contributed by atoms with van der Waals surface area (Å²) in [7, 11) is 3.73. The van der Waals surface area contributed by atoms with E-state index in [1.54, 1.807) is 13.8 Å². The smallest absolute Gasteiger partial charge is 0.316 e. The fourth-order valence-electron chi connectivity index (χ4n) is 5.48. The molecule has 2 aliphatic rings. The number of hydrogen-bond acceptors (Lipinski definition) is 10. The number of hydrogen-bond donors (Lipinski definition) is 3. The molecule has 12 atom stereocenters. The molecule has 0 bridgehead atoms. The number of esters is 1. The average Bonchev–Trinajstić information content (AvgIpc) is 2.83. The highest BCUT2D eigenvalue weighted by Gasteiger charge is 2.44. The van der Waals surface area contributed by atoms with Crippen LogP contribution in [-0.4, -0.2) is 100 Å². The molecular weight excluding hydrogens is 494 g/mol. The van der Waals surface area contributed by atoms with E-state index in [1.807, 2.05) is 32.8 Å². The van der Waals surface area contributed by atoms with Crippen LogP contribution in [0, 0.1) is 23.7 Å². The SMILES string of the molecule is C[C@H]1C(=O)O[C@H]([C@@H](C)O)[C@@](C)(O)/C=C\C(=O)[C@H](C)C[C@H](C)[C@H](O[C@H]2O[C@H](C)C[C@H](N(C)C)[C@H]2O)[C@@H](C)C1=O. The van der Waals surface area contributed by atoms with Crippen LogP contribution in [0.4, 0.5) is 0 Å². The van der Waals surface area contributed by atoms with Crippen molar-refractivity contribution >= 4 is 17.5 Å². The van der Waals surface area contributed by atoms with E-state index in [-0.39, 0.29) is 23.8 Å². The second-order valence-electron chi connectivity index (χ2n) is 11.8. The molecular formula is C28H47NO9. The van der Waals surface area contributed by atoms with Gasteiger partial charge >= 0.3 is 5.97 Å². The van der Waals surface area contributed by atoms with Crippen molar-refractivity contribution in [3.63, 3.8) is 0 Å². The van der Waals surface area contributed by atoms with Crippen LogP contribution >= 0.6 is 0 Å². The Bertz CT molecular complexity index is 870. The minimum absolute atomic E-state index is 0.194. The molecule has 1 fully saturated rings. The molecule has 0 unspecified atom stereocenters.